The third-order valence-electron chi connectivity index (χ3n) is 6.34. The summed E-state index contributed by atoms with van der Waals surface area (Å²) in [5.74, 6) is -0.489. The van der Waals surface area contributed by atoms with E-state index in [0.717, 1.165) is 16.5 Å². The minimum Gasteiger partial charge on any atom is -0.545 e. The molecular weight excluding hydrogens is 445 g/mol. The summed E-state index contributed by atoms with van der Waals surface area (Å²) in [6.07, 6.45) is 0.0586. The van der Waals surface area contributed by atoms with Crippen molar-refractivity contribution in [3.8, 4) is 17.2 Å². The fourth-order valence-corrected chi connectivity index (χ4v) is 4.42. The second kappa shape index (κ2) is 10.1. The number of pyridine rings is 1. The first-order valence-electron chi connectivity index (χ1n) is 11.0. The van der Waals surface area contributed by atoms with Gasteiger partial charge in [-0.2, -0.15) is 0 Å². The number of carboxylic acid groups (broad SMARTS) is 1. The quantitative estimate of drug-likeness (QED) is 0.422. The van der Waals surface area contributed by atoms with Crippen LogP contribution in [0.2, 0.25) is 0 Å². The number of carbonyl (C=O) groups is 1. The number of carbonyl (C=O) groups excluding carboxylic acids is 1. The van der Waals surface area contributed by atoms with E-state index in [0.29, 0.717) is 46.7 Å². The third kappa shape index (κ3) is 4.46. The molecule has 0 spiro atoms. The normalized spacial score (nSPS) is 18.1. The van der Waals surface area contributed by atoms with Crippen LogP contribution in [0.4, 0.5) is 0 Å². The topological polar surface area (TPSA) is 105 Å². The summed E-state index contributed by atoms with van der Waals surface area (Å²) in [4.78, 5) is 17.0. The molecule has 1 N–H and O–H groups in total. The Kier molecular flexibility index (Phi) is 7.31. The average molecular weight is 469 g/mol. The van der Waals surface area contributed by atoms with E-state index in [-0.39, 0.29) is 54.3 Å². The van der Waals surface area contributed by atoms with Crippen LogP contribution in [-0.2, 0) is 4.74 Å². The number of furan rings is 1. The van der Waals surface area contributed by atoms with Crippen LogP contribution in [-0.4, -0.2) is 42.0 Å². The van der Waals surface area contributed by atoms with Gasteiger partial charge >= 0.3 is 29.6 Å². The van der Waals surface area contributed by atoms with E-state index < -0.39 is 12.1 Å². The van der Waals surface area contributed by atoms with E-state index in [4.69, 9.17) is 18.9 Å². The Hall–Kier alpha value is -2.42. The number of aromatic carboxylic acids is 1. The Morgan fingerprint density at radius 1 is 1.24 bits per heavy atom. The van der Waals surface area contributed by atoms with Crippen molar-refractivity contribution in [1.29, 1.82) is 0 Å². The second-order valence-electron chi connectivity index (χ2n) is 8.50. The van der Waals surface area contributed by atoms with Gasteiger partial charge in [-0.1, -0.05) is 24.3 Å². The van der Waals surface area contributed by atoms with Crippen molar-refractivity contribution in [3.05, 3.63) is 59.2 Å². The number of rotatable bonds is 5. The Balaban J connectivity index is 0.00000274. The van der Waals surface area contributed by atoms with E-state index in [1.807, 2.05) is 44.2 Å². The van der Waals surface area contributed by atoms with Gasteiger partial charge in [-0.25, -0.2) is 4.98 Å². The maximum Gasteiger partial charge on any atom is 1.00 e. The molecule has 1 saturated heterocycles. The van der Waals surface area contributed by atoms with Crippen molar-refractivity contribution in [3.63, 3.8) is 0 Å². The van der Waals surface area contributed by atoms with E-state index in [9.17, 15) is 15.0 Å². The molecule has 8 heteroatoms. The van der Waals surface area contributed by atoms with Gasteiger partial charge < -0.3 is 28.9 Å². The van der Waals surface area contributed by atoms with Crippen LogP contribution >= 0.6 is 0 Å². The smallest absolute Gasteiger partial charge is 0.545 e. The molecule has 3 heterocycles. The molecule has 2 atom stereocenters. The minimum atomic E-state index is -1.32. The van der Waals surface area contributed by atoms with Crippen molar-refractivity contribution in [2.24, 2.45) is 5.92 Å². The number of benzene rings is 2. The van der Waals surface area contributed by atoms with E-state index in [2.05, 4.69) is 0 Å². The SMILES string of the molecule is Cc1c(-c2cc(C(=O)[O-])c3c(OCC4CCOCC4O)ccc(C)c3n2)oc2ccccc12.[Na+]. The summed E-state index contributed by atoms with van der Waals surface area (Å²) in [5, 5.41) is 23.7. The monoisotopic (exact) mass is 469 g/mol. The van der Waals surface area contributed by atoms with Crippen molar-refractivity contribution < 1.29 is 58.5 Å². The summed E-state index contributed by atoms with van der Waals surface area (Å²) in [6.45, 7) is 4.88. The molecule has 5 rings (SSSR count). The van der Waals surface area contributed by atoms with Crippen LogP contribution in [0.25, 0.3) is 33.3 Å². The zero-order valence-electron chi connectivity index (χ0n) is 19.5. The molecular formula is C26H24NNaO6. The molecule has 4 aromatic rings. The number of nitrogens with zero attached hydrogens (tertiary/aromatic N) is 1. The molecule has 1 aliphatic heterocycles. The molecule has 34 heavy (non-hydrogen) atoms. The molecule has 0 saturated carbocycles. The summed E-state index contributed by atoms with van der Waals surface area (Å²) in [5.41, 5.74) is 3.33. The molecule has 7 nitrogen and oxygen atoms in total. The largest absolute Gasteiger partial charge is 1.00 e. The Morgan fingerprint density at radius 3 is 2.76 bits per heavy atom. The molecule has 2 aromatic carbocycles. The summed E-state index contributed by atoms with van der Waals surface area (Å²) in [7, 11) is 0. The number of hydrogen-bond acceptors (Lipinski definition) is 7. The number of aliphatic hydroxyl groups is 1. The van der Waals surface area contributed by atoms with Crippen LogP contribution in [0.5, 0.6) is 5.75 Å². The molecule has 0 radical (unpaired) electrons. The molecule has 0 aliphatic carbocycles. The maximum absolute atomic E-state index is 12.2. The maximum atomic E-state index is 12.2. The van der Waals surface area contributed by atoms with Gasteiger partial charge in [0.2, 0.25) is 0 Å². The number of ether oxygens (including phenoxy) is 2. The number of aryl methyl sites for hydroxylation is 2. The average Bonchev–Trinajstić information content (AvgIpc) is 3.15. The number of aromatic nitrogens is 1. The zero-order chi connectivity index (χ0) is 23.1. The number of fused-ring (bicyclic) bond motifs is 2. The molecule has 1 aliphatic rings. The van der Waals surface area contributed by atoms with Crippen LogP contribution in [0.1, 0.15) is 27.9 Å². The van der Waals surface area contributed by atoms with E-state index in [1.54, 1.807) is 6.07 Å². The Bertz CT molecular complexity index is 1360. The van der Waals surface area contributed by atoms with Crippen molar-refractivity contribution in [2.45, 2.75) is 26.4 Å². The molecule has 0 amide bonds. The first-order valence-corrected chi connectivity index (χ1v) is 11.0. The van der Waals surface area contributed by atoms with Crippen molar-refractivity contribution in [2.75, 3.05) is 19.8 Å². The molecule has 170 valence electrons. The number of aliphatic hydroxyl groups excluding tert-OH is 1. The molecule has 2 unspecified atom stereocenters. The van der Waals surface area contributed by atoms with Crippen LogP contribution in [0, 0.1) is 19.8 Å². The van der Waals surface area contributed by atoms with Gasteiger partial charge in [-0.3, -0.25) is 0 Å². The molecule has 0 bridgehead atoms. The minimum absolute atomic E-state index is 0. The molecule has 2 aromatic heterocycles. The summed E-state index contributed by atoms with van der Waals surface area (Å²) in [6, 6.07) is 12.7. The molecule has 1 fully saturated rings. The summed E-state index contributed by atoms with van der Waals surface area (Å²) < 4.78 is 17.3. The second-order valence-corrected chi connectivity index (χ2v) is 8.50. The third-order valence-corrected chi connectivity index (χ3v) is 6.34. The van der Waals surface area contributed by atoms with E-state index >= 15 is 0 Å². The number of carboxylic acids is 1. The first kappa shape index (κ1) is 24.7. The van der Waals surface area contributed by atoms with Gasteiger partial charge in [-0.15, -0.1) is 0 Å². The Labute approximate surface area is 219 Å². The fraction of sp³-hybridized carbons (Fsp3) is 0.308. The van der Waals surface area contributed by atoms with Gasteiger partial charge in [0.1, 0.15) is 17.0 Å². The number of para-hydroxylation sites is 1. The predicted molar refractivity (Wildman–Crippen MR) is 121 cm³/mol. The fourth-order valence-electron chi connectivity index (χ4n) is 4.42. The Morgan fingerprint density at radius 2 is 2.03 bits per heavy atom. The van der Waals surface area contributed by atoms with Crippen molar-refractivity contribution >= 4 is 27.8 Å². The first-order chi connectivity index (χ1) is 15.9. The van der Waals surface area contributed by atoms with Crippen LogP contribution < -0.4 is 39.4 Å². The standard InChI is InChI=1S/C26H25NO6.Na/c1-14-7-8-22(32-12-16-9-10-31-13-20(16)28)23-18(26(29)30)11-19(27-24(14)23)25-15(2)17-5-3-4-6-21(17)33-25;/h3-8,11,16,20,28H,9-10,12-13H2,1-2H3,(H,29,30);/q;+1/p-1. The summed E-state index contributed by atoms with van der Waals surface area (Å²) >= 11 is 0. The number of hydrogen-bond donors (Lipinski definition) is 1. The predicted octanol–water partition coefficient (Wildman–Crippen LogP) is 0.409. The van der Waals surface area contributed by atoms with Gasteiger partial charge in [0.25, 0.3) is 0 Å². The van der Waals surface area contributed by atoms with Gasteiger partial charge in [0, 0.05) is 29.0 Å². The van der Waals surface area contributed by atoms with Gasteiger partial charge in [0.05, 0.1) is 36.2 Å². The van der Waals surface area contributed by atoms with Crippen LogP contribution in [0.15, 0.2) is 46.9 Å². The van der Waals surface area contributed by atoms with E-state index in [1.165, 1.54) is 6.07 Å². The van der Waals surface area contributed by atoms with Crippen molar-refractivity contribution in [1.82, 2.24) is 4.98 Å². The van der Waals surface area contributed by atoms with Crippen LogP contribution in [0.3, 0.4) is 0 Å². The zero-order valence-corrected chi connectivity index (χ0v) is 21.5. The van der Waals surface area contributed by atoms with Gasteiger partial charge in [-0.05, 0) is 44.0 Å². The van der Waals surface area contributed by atoms with Gasteiger partial charge in [0.15, 0.2) is 5.76 Å².